The molecular formula is C31H41CuF6N4OP. The van der Waals surface area contributed by atoms with Gasteiger partial charge >= 0.3 is 50.1 Å². The summed E-state index contributed by atoms with van der Waals surface area (Å²) in [6, 6.07) is 18.1. The van der Waals surface area contributed by atoms with Crippen molar-refractivity contribution in [3.05, 3.63) is 89.0 Å². The van der Waals surface area contributed by atoms with Crippen LogP contribution in [-0.4, -0.2) is 28.0 Å². The zero-order chi connectivity index (χ0) is 33.2. The molecular weight excluding hydrogens is 653 g/mol. The van der Waals surface area contributed by atoms with Crippen LogP contribution in [0.4, 0.5) is 25.2 Å². The third-order valence-corrected chi connectivity index (χ3v) is 6.05. The van der Waals surface area contributed by atoms with E-state index in [1.165, 1.54) is 12.5 Å². The van der Waals surface area contributed by atoms with Gasteiger partial charge in [0.05, 0.1) is 6.07 Å². The molecule has 0 amide bonds. The van der Waals surface area contributed by atoms with Crippen LogP contribution in [0.25, 0.3) is 0 Å². The summed E-state index contributed by atoms with van der Waals surface area (Å²) in [5, 5.41) is 20.8. The van der Waals surface area contributed by atoms with Crippen LogP contribution >= 0.6 is 7.81 Å². The van der Waals surface area contributed by atoms with E-state index in [1.807, 2.05) is 36.7 Å². The number of aromatic nitrogens is 2. The number of rotatable bonds is 8. The Morgan fingerprint density at radius 2 is 1.20 bits per heavy atom. The summed E-state index contributed by atoms with van der Waals surface area (Å²) >= 11 is 0. The third-order valence-electron chi connectivity index (χ3n) is 6.05. The second-order valence-corrected chi connectivity index (χ2v) is 14.0. The molecule has 0 atom stereocenters. The number of benzene rings is 1. The van der Waals surface area contributed by atoms with Crippen LogP contribution in [0.3, 0.4) is 0 Å². The smallest absolute Gasteiger partial charge is 2.00 e. The minimum Gasteiger partial charge on any atom is 2.00 e. The molecule has 0 N–H and O–H groups in total. The van der Waals surface area contributed by atoms with E-state index in [1.54, 1.807) is 6.07 Å². The average molecular weight is 694 g/mol. The quantitative estimate of drug-likeness (QED) is 0.134. The Hall–Kier alpha value is -2.70. The molecule has 13 heteroatoms. The van der Waals surface area contributed by atoms with Crippen LogP contribution < -0.4 is 5.11 Å². The number of hydrogen-bond donors (Lipinski definition) is 0. The Bertz CT molecular complexity index is 1290. The van der Waals surface area contributed by atoms with Crippen molar-refractivity contribution in [2.45, 2.75) is 78.7 Å². The van der Waals surface area contributed by atoms with Crippen molar-refractivity contribution in [1.29, 1.82) is 5.26 Å². The Morgan fingerprint density at radius 3 is 1.52 bits per heavy atom. The molecule has 0 spiro atoms. The summed E-state index contributed by atoms with van der Waals surface area (Å²) in [5.41, 5.74) is 4.93. The van der Waals surface area contributed by atoms with Gasteiger partial charge in [0.15, 0.2) is 0 Å². The van der Waals surface area contributed by atoms with Gasteiger partial charge in [0, 0.05) is 63.2 Å². The van der Waals surface area contributed by atoms with Crippen LogP contribution in [0.5, 0.6) is 5.75 Å². The van der Waals surface area contributed by atoms with Crippen molar-refractivity contribution in [3.63, 3.8) is 0 Å². The van der Waals surface area contributed by atoms with E-state index in [0.29, 0.717) is 6.54 Å². The first kappa shape index (κ1) is 41.3. The van der Waals surface area contributed by atoms with Gasteiger partial charge in [-0.15, -0.1) is 5.75 Å². The van der Waals surface area contributed by atoms with Gasteiger partial charge in [-0.3, -0.25) is 14.9 Å². The maximum atomic E-state index is 13.5. The first-order chi connectivity index (χ1) is 19.4. The van der Waals surface area contributed by atoms with E-state index < -0.39 is 7.81 Å². The molecule has 2 aromatic heterocycles. The first-order valence-corrected chi connectivity index (χ1v) is 15.7. The van der Waals surface area contributed by atoms with E-state index in [-0.39, 0.29) is 33.6 Å². The van der Waals surface area contributed by atoms with Gasteiger partial charge in [-0.25, -0.2) is 0 Å². The molecule has 0 saturated heterocycles. The predicted molar refractivity (Wildman–Crippen MR) is 159 cm³/mol. The van der Waals surface area contributed by atoms with Crippen molar-refractivity contribution in [1.82, 2.24) is 14.9 Å². The van der Waals surface area contributed by atoms with Gasteiger partial charge in [0.25, 0.3) is 0 Å². The van der Waals surface area contributed by atoms with Crippen molar-refractivity contribution in [3.8, 4) is 11.8 Å². The second kappa shape index (κ2) is 15.5. The summed E-state index contributed by atoms with van der Waals surface area (Å²) in [6.07, 6.45) is 5.38. The zero-order valence-electron chi connectivity index (χ0n) is 26.0. The molecule has 0 unspecified atom stereocenters. The fourth-order valence-electron chi connectivity index (χ4n) is 3.94. The van der Waals surface area contributed by atoms with Gasteiger partial charge in [-0.05, 0) is 51.8 Å². The molecule has 3 aromatic rings. The van der Waals surface area contributed by atoms with E-state index >= 15 is 0 Å². The molecule has 1 radical (unpaired) electrons. The Balaban J connectivity index is 0.00000146. The SMILES string of the molecule is CC#N.CC(C)(C)c1cc(CN(CCc2ccccn2)CCc2ccccn2)c([O-])c(C(C)(C)C)c1.F[P-](F)(F)(F)(F)F.[Cu+2]. The van der Waals surface area contributed by atoms with E-state index in [4.69, 9.17) is 5.26 Å². The molecule has 5 nitrogen and oxygen atoms in total. The normalized spacial score (nSPS) is 13.1. The van der Waals surface area contributed by atoms with Gasteiger partial charge in [0.2, 0.25) is 0 Å². The van der Waals surface area contributed by atoms with Crippen molar-refractivity contribution >= 4 is 7.81 Å². The van der Waals surface area contributed by atoms with Crippen LogP contribution in [0, 0.1) is 11.3 Å². The third kappa shape index (κ3) is 18.9. The molecule has 249 valence electrons. The first-order valence-electron chi connectivity index (χ1n) is 13.6. The van der Waals surface area contributed by atoms with Crippen LogP contribution in [0.15, 0.2) is 60.9 Å². The Labute approximate surface area is 267 Å². The van der Waals surface area contributed by atoms with Crippen molar-refractivity contribution < 1.29 is 47.4 Å². The van der Waals surface area contributed by atoms with Crippen LogP contribution in [-0.2, 0) is 47.3 Å². The second-order valence-electron chi connectivity index (χ2n) is 12.1. The average Bonchev–Trinajstić information content (AvgIpc) is 2.85. The number of nitriles is 1. The fourth-order valence-corrected chi connectivity index (χ4v) is 3.94. The topological polar surface area (TPSA) is 75.9 Å². The molecule has 0 aliphatic carbocycles. The van der Waals surface area contributed by atoms with Gasteiger partial charge in [-0.1, -0.05) is 65.8 Å². The summed E-state index contributed by atoms with van der Waals surface area (Å²) in [4.78, 5) is 11.3. The predicted octanol–water partition coefficient (Wildman–Crippen LogP) is 9.34. The van der Waals surface area contributed by atoms with Crippen molar-refractivity contribution in [2.24, 2.45) is 0 Å². The number of nitrogens with zero attached hydrogens (tertiary/aromatic N) is 4. The number of halogens is 6. The molecule has 0 bridgehead atoms. The fraction of sp³-hybridized carbons (Fsp3) is 0.452. The van der Waals surface area contributed by atoms with E-state index in [0.717, 1.165) is 48.4 Å². The minimum absolute atomic E-state index is 0. The Morgan fingerprint density at radius 1 is 0.795 bits per heavy atom. The summed E-state index contributed by atoms with van der Waals surface area (Å²) < 4.78 is 59.2. The van der Waals surface area contributed by atoms with Crippen LogP contribution in [0.1, 0.15) is 76.5 Å². The molecule has 0 aliphatic rings. The van der Waals surface area contributed by atoms with Crippen molar-refractivity contribution in [2.75, 3.05) is 13.1 Å². The van der Waals surface area contributed by atoms with E-state index in [2.05, 4.69) is 80.7 Å². The maximum absolute atomic E-state index is 13.5. The summed E-state index contributed by atoms with van der Waals surface area (Å²) in [7, 11) is -10.7. The van der Waals surface area contributed by atoms with E-state index in [9.17, 15) is 30.3 Å². The molecule has 1 aromatic carbocycles. The number of pyridine rings is 2. The minimum atomic E-state index is -10.7. The molecule has 0 saturated carbocycles. The molecule has 0 aliphatic heterocycles. The zero-order valence-corrected chi connectivity index (χ0v) is 27.9. The molecule has 44 heavy (non-hydrogen) atoms. The van der Waals surface area contributed by atoms with Gasteiger partial charge < -0.3 is 5.11 Å². The van der Waals surface area contributed by atoms with Gasteiger partial charge in [-0.2, -0.15) is 5.26 Å². The summed E-state index contributed by atoms with van der Waals surface area (Å²) in [5.74, 6) is 0.177. The summed E-state index contributed by atoms with van der Waals surface area (Å²) in [6.45, 7) is 16.8. The van der Waals surface area contributed by atoms with Gasteiger partial charge in [0.1, 0.15) is 0 Å². The standard InChI is InChI=1S/C29H39N3O.C2H3N.Cu.F6P/c1-28(2,3)23-19-22(27(33)26(20-23)29(4,5)6)21-32(17-13-24-11-7-9-15-30-24)18-14-25-12-8-10-16-31-25;1-2-3;;1-7(2,3,4,5)6/h7-12,15-16,19-20,33H,13-14,17-18,21H2,1-6H3;1H3;;/q;;+2;-1/p-1. The maximum Gasteiger partial charge on any atom is 2.00 e. The van der Waals surface area contributed by atoms with Crippen LogP contribution in [0.2, 0.25) is 0 Å². The molecule has 2 heterocycles. The Kier molecular flexibility index (Phi) is 14.6. The molecule has 3 rings (SSSR count). The molecule has 0 fully saturated rings. The monoisotopic (exact) mass is 693 g/mol. The number of hydrogen-bond acceptors (Lipinski definition) is 5. The largest absolute Gasteiger partial charge is 2.00 e.